The van der Waals surface area contributed by atoms with Crippen LogP contribution in [0.15, 0.2) is 0 Å². The molecule has 0 spiro atoms. The van der Waals surface area contributed by atoms with E-state index in [1.54, 1.807) is 0 Å². The van der Waals surface area contributed by atoms with E-state index in [4.69, 9.17) is 4.74 Å². The maximum absolute atomic E-state index is 5.69. The lowest BCUT2D eigenvalue weighted by atomic mass is 9.73. The van der Waals surface area contributed by atoms with E-state index < -0.39 is 0 Å². The zero-order valence-corrected chi connectivity index (χ0v) is 13.4. The highest BCUT2D eigenvalue weighted by atomic mass is 16.5. The van der Waals surface area contributed by atoms with Crippen LogP contribution in [-0.2, 0) is 4.74 Å². The summed E-state index contributed by atoms with van der Waals surface area (Å²) in [4.78, 5) is 2.70. The molecule has 0 aromatic heterocycles. The van der Waals surface area contributed by atoms with Crippen LogP contribution in [0.1, 0.15) is 58.8 Å². The van der Waals surface area contributed by atoms with E-state index in [-0.39, 0.29) is 5.54 Å². The van der Waals surface area contributed by atoms with Gasteiger partial charge >= 0.3 is 0 Å². The molecule has 0 unspecified atom stereocenters. The summed E-state index contributed by atoms with van der Waals surface area (Å²) >= 11 is 0. The van der Waals surface area contributed by atoms with Gasteiger partial charge in [0, 0.05) is 31.2 Å². The van der Waals surface area contributed by atoms with Crippen molar-refractivity contribution in [3.8, 4) is 0 Å². The number of rotatable bonds is 5. The zero-order chi connectivity index (χ0) is 14.1. The third-order valence-corrected chi connectivity index (χ3v) is 5.60. The Labute approximate surface area is 124 Å². The predicted molar refractivity (Wildman–Crippen MR) is 83.0 cm³/mol. The lowest BCUT2D eigenvalue weighted by Gasteiger charge is -2.49. The molecule has 2 aliphatic carbocycles. The molecule has 3 nitrogen and oxygen atoms in total. The molecule has 116 valence electrons. The van der Waals surface area contributed by atoms with Crippen molar-refractivity contribution in [2.24, 2.45) is 5.41 Å². The fourth-order valence-electron chi connectivity index (χ4n) is 3.93. The Morgan fingerprint density at radius 3 is 2.55 bits per heavy atom. The predicted octanol–water partition coefficient (Wildman–Crippen LogP) is 2.80. The third kappa shape index (κ3) is 3.55. The number of hydrogen-bond acceptors (Lipinski definition) is 3. The first-order chi connectivity index (χ1) is 9.60. The van der Waals surface area contributed by atoms with Crippen LogP contribution in [0.2, 0.25) is 0 Å². The maximum atomic E-state index is 5.69. The number of morpholine rings is 1. The average Bonchev–Trinajstić information content (AvgIpc) is 3.24. The van der Waals surface area contributed by atoms with Crippen molar-refractivity contribution in [3.63, 3.8) is 0 Å². The summed E-state index contributed by atoms with van der Waals surface area (Å²) in [6.45, 7) is 10.1. The number of nitrogens with zero attached hydrogens (tertiary/aromatic N) is 1. The number of ether oxygens (including phenoxy) is 1. The summed E-state index contributed by atoms with van der Waals surface area (Å²) in [5.74, 6) is 0. The fraction of sp³-hybridized carbons (Fsp3) is 1.00. The average molecular weight is 280 g/mol. The van der Waals surface area contributed by atoms with Crippen LogP contribution in [-0.4, -0.2) is 49.3 Å². The minimum atomic E-state index is 0.211. The molecule has 3 fully saturated rings. The molecule has 2 saturated carbocycles. The smallest absolute Gasteiger partial charge is 0.0645 e. The van der Waals surface area contributed by atoms with Crippen LogP contribution in [0.5, 0.6) is 0 Å². The first-order valence-electron chi connectivity index (χ1n) is 8.66. The van der Waals surface area contributed by atoms with Crippen LogP contribution >= 0.6 is 0 Å². The second kappa shape index (κ2) is 5.94. The van der Waals surface area contributed by atoms with Crippen LogP contribution < -0.4 is 5.32 Å². The largest absolute Gasteiger partial charge is 0.378 e. The minimum absolute atomic E-state index is 0.211. The standard InChI is InChI=1S/C17H32N2O/c1-16(2)14-20-11-10-19(16)13-17(8-4-3-5-9-17)12-18-15-6-7-15/h15,18H,3-14H2,1-2H3. The number of hydrogen-bond donors (Lipinski definition) is 1. The first-order valence-corrected chi connectivity index (χ1v) is 8.66. The van der Waals surface area contributed by atoms with E-state index in [0.717, 1.165) is 25.8 Å². The Hall–Kier alpha value is -0.120. The lowest BCUT2D eigenvalue weighted by Crippen LogP contribution is -2.58. The molecule has 1 N–H and O–H groups in total. The Kier molecular flexibility index (Phi) is 4.40. The molecular formula is C17H32N2O. The van der Waals surface area contributed by atoms with Crippen molar-refractivity contribution in [1.82, 2.24) is 10.2 Å². The van der Waals surface area contributed by atoms with Crippen molar-refractivity contribution >= 4 is 0 Å². The zero-order valence-electron chi connectivity index (χ0n) is 13.4. The van der Waals surface area contributed by atoms with E-state index in [1.165, 1.54) is 58.0 Å². The van der Waals surface area contributed by atoms with E-state index in [9.17, 15) is 0 Å². The van der Waals surface area contributed by atoms with Crippen LogP contribution in [0.4, 0.5) is 0 Å². The molecule has 3 rings (SSSR count). The molecule has 0 atom stereocenters. The normalized spacial score (nSPS) is 30.3. The second-order valence-electron chi connectivity index (χ2n) is 8.00. The molecule has 1 aliphatic heterocycles. The van der Waals surface area contributed by atoms with Crippen molar-refractivity contribution in [3.05, 3.63) is 0 Å². The number of nitrogens with one attached hydrogen (secondary N) is 1. The minimum Gasteiger partial charge on any atom is -0.378 e. The molecular weight excluding hydrogens is 248 g/mol. The van der Waals surface area contributed by atoms with Crippen molar-refractivity contribution in [1.29, 1.82) is 0 Å². The SMILES string of the molecule is CC1(C)COCCN1CC1(CNC2CC2)CCCCC1. The highest BCUT2D eigenvalue weighted by Crippen LogP contribution is 2.39. The van der Waals surface area contributed by atoms with Crippen LogP contribution in [0.25, 0.3) is 0 Å². The van der Waals surface area contributed by atoms with Gasteiger partial charge in [-0.25, -0.2) is 0 Å². The lowest BCUT2D eigenvalue weighted by molar-refractivity contribution is -0.0727. The summed E-state index contributed by atoms with van der Waals surface area (Å²) < 4.78 is 5.69. The monoisotopic (exact) mass is 280 g/mol. The van der Waals surface area contributed by atoms with E-state index in [2.05, 4.69) is 24.1 Å². The van der Waals surface area contributed by atoms with Crippen molar-refractivity contribution in [2.45, 2.75) is 70.4 Å². The summed E-state index contributed by atoms with van der Waals surface area (Å²) in [6.07, 6.45) is 9.94. The van der Waals surface area contributed by atoms with E-state index >= 15 is 0 Å². The molecule has 3 heteroatoms. The van der Waals surface area contributed by atoms with Gasteiger partial charge in [-0.1, -0.05) is 19.3 Å². The van der Waals surface area contributed by atoms with Gasteiger partial charge in [-0.05, 0) is 44.9 Å². The Morgan fingerprint density at radius 2 is 1.90 bits per heavy atom. The molecule has 0 aromatic rings. The van der Waals surface area contributed by atoms with Crippen molar-refractivity contribution < 1.29 is 4.74 Å². The second-order valence-corrected chi connectivity index (χ2v) is 8.00. The summed E-state index contributed by atoms with van der Waals surface area (Å²) in [5, 5.41) is 3.83. The van der Waals surface area contributed by atoms with Gasteiger partial charge in [-0.15, -0.1) is 0 Å². The Balaban J connectivity index is 1.64. The summed E-state index contributed by atoms with van der Waals surface area (Å²) in [7, 11) is 0. The molecule has 20 heavy (non-hydrogen) atoms. The van der Waals surface area contributed by atoms with Crippen LogP contribution in [0.3, 0.4) is 0 Å². The first kappa shape index (κ1) is 14.8. The van der Waals surface area contributed by atoms with Crippen LogP contribution in [0, 0.1) is 5.41 Å². The maximum Gasteiger partial charge on any atom is 0.0645 e. The topological polar surface area (TPSA) is 24.5 Å². The molecule has 1 saturated heterocycles. The van der Waals surface area contributed by atoms with Gasteiger partial charge in [0.15, 0.2) is 0 Å². The molecule has 3 aliphatic rings. The molecule has 0 amide bonds. The third-order valence-electron chi connectivity index (χ3n) is 5.60. The quantitative estimate of drug-likeness (QED) is 0.838. The Bertz CT molecular complexity index is 319. The van der Waals surface area contributed by atoms with Gasteiger partial charge in [0.25, 0.3) is 0 Å². The van der Waals surface area contributed by atoms with Gasteiger partial charge in [0.2, 0.25) is 0 Å². The van der Waals surface area contributed by atoms with Gasteiger partial charge in [-0.2, -0.15) is 0 Å². The molecule has 0 bridgehead atoms. The fourth-order valence-corrected chi connectivity index (χ4v) is 3.93. The highest BCUT2D eigenvalue weighted by molar-refractivity contribution is 4.95. The van der Waals surface area contributed by atoms with Gasteiger partial charge in [0.1, 0.15) is 0 Å². The van der Waals surface area contributed by atoms with E-state index in [1.807, 2.05) is 0 Å². The molecule has 1 heterocycles. The molecule has 0 radical (unpaired) electrons. The summed E-state index contributed by atoms with van der Waals surface area (Å²) in [5.41, 5.74) is 0.734. The van der Waals surface area contributed by atoms with Gasteiger partial charge in [-0.3, -0.25) is 4.90 Å². The van der Waals surface area contributed by atoms with Gasteiger partial charge in [0.05, 0.1) is 13.2 Å². The summed E-state index contributed by atoms with van der Waals surface area (Å²) in [6, 6.07) is 0.839. The Morgan fingerprint density at radius 1 is 1.15 bits per heavy atom. The van der Waals surface area contributed by atoms with Gasteiger partial charge < -0.3 is 10.1 Å². The van der Waals surface area contributed by atoms with E-state index in [0.29, 0.717) is 5.41 Å². The van der Waals surface area contributed by atoms with Crippen molar-refractivity contribution in [2.75, 3.05) is 32.8 Å². The highest BCUT2D eigenvalue weighted by Gasteiger charge is 2.40. The molecule has 0 aromatic carbocycles.